The fourth-order valence-corrected chi connectivity index (χ4v) is 4.80. The number of Topliss-reactive ketones (excluding diaryl/α,β-unsaturated/α-hetero) is 1. The van der Waals surface area contributed by atoms with Crippen LogP contribution in [-0.4, -0.2) is 32.9 Å². The second-order valence-corrected chi connectivity index (χ2v) is 11.0. The van der Waals surface area contributed by atoms with Gasteiger partial charge in [0.2, 0.25) is 0 Å². The third kappa shape index (κ3) is 7.19. The minimum atomic E-state index is -4.67. The Bertz CT molecular complexity index is 1340. The lowest BCUT2D eigenvalue weighted by Gasteiger charge is -2.30. The van der Waals surface area contributed by atoms with Crippen LogP contribution in [0.5, 0.6) is 0 Å². The van der Waals surface area contributed by atoms with E-state index in [1.807, 2.05) is 6.07 Å². The Morgan fingerprint density at radius 3 is 2.50 bits per heavy atom. The summed E-state index contributed by atoms with van der Waals surface area (Å²) in [5.74, 6) is -0.345. The molecule has 1 aromatic carbocycles. The molecule has 1 amide bonds. The summed E-state index contributed by atoms with van der Waals surface area (Å²) < 4.78 is 57.7. The van der Waals surface area contributed by atoms with Crippen molar-refractivity contribution in [3.8, 4) is 6.07 Å². The van der Waals surface area contributed by atoms with Gasteiger partial charge in [-0.1, -0.05) is 6.07 Å². The first kappa shape index (κ1) is 28.8. The number of ether oxygens (including phenoxy) is 1. The molecule has 0 aliphatic heterocycles. The first-order valence-corrected chi connectivity index (χ1v) is 13.2. The predicted octanol–water partition coefficient (Wildman–Crippen LogP) is 5.39. The number of rotatable bonds is 6. The topological polar surface area (TPSA) is 121 Å². The van der Waals surface area contributed by atoms with Crippen LogP contribution in [-0.2, 0) is 26.5 Å². The molecule has 202 valence electrons. The van der Waals surface area contributed by atoms with Gasteiger partial charge in [-0.2, -0.15) is 18.4 Å². The summed E-state index contributed by atoms with van der Waals surface area (Å²) in [4.78, 5) is 29.7. The van der Waals surface area contributed by atoms with Crippen molar-refractivity contribution in [1.82, 2.24) is 10.3 Å². The smallest absolute Gasteiger partial charge is 0.433 e. The number of nitrogens with zero attached hydrogens (tertiary/aromatic N) is 2. The number of halogens is 3. The second-order valence-electron chi connectivity index (χ2n) is 9.62. The number of amides is 1. The van der Waals surface area contributed by atoms with Crippen LogP contribution in [0, 0.1) is 11.3 Å². The van der Waals surface area contributed by atoms with E-state index >= 15 is 0 Å². The number of nitrogens with one attached hydrogen (secondary N) is 2. The highest BCUT2D eigenvalue weighted by atomic mass is 32.2. The average Bonchev–Trinajstić information content (AvgIpc) is 2.81. The monoisotopic (exact) mass is 548 g/mol. The molecular weight excluding hydrogens is 521 g/mol. The molecule has 2 atom stereocenters. The van der Waals surface area contributed by atoms with Crippen molar-refractivity contribution in [3.05, 3.63) is 64.6 Å². The number of carbonyl (C=O) groups excluding carboxylic acids is 2. The van der Waals surface area contributed by atoms with E-state index in [0.29, 0.717) is 24.1 Å². The molecule has 0 saturated heterocycles. The van der Waals surface area contributed by atoms with Crippen LogP contribution >= 0.6 is 0 Å². The van der Waals surface area contributed by atoms with Crippen molar-refractivity contribution in [2.45, 2.75) is 62.7 Å². The van der Waals surface area contributed by atoms with Crippen LogP contribution in [0.1, 0.15) is 62.9 Å². The van der Waals surface area contributed by atoms with E-state index in [1.54, 1.807) is 20.8 Å². The molecule has 0 radical (unpaired) electrons. The van der Waals surface area contributed by atoms with Gasteiger partial charge in [0.1, 0.15) is 11.3 Å². The Morgan fingerprint density at radius 2 is 1.89 bits per heavy atom. The van der Waals surface area contributed by atoms with Gasteiger partial charge in [0, 0.05) is 40.7 Å². The summed E-state index contributed by atoms with van der Waals surface area (Å²) in [5, 5.41) is 14.9. The zero-order chi connectivity index (χ0) is 28.3. The van der Waals surface area contributed by atoms with Crippen LogP contribution in [0.4, 0.5) is 23.7 Å². The predicted molar refractivity (Wildman–Crippen MR) is 134 cm³/mol. The second kappa shape index (κ2) is 11.3. The lowest BCUT2D eigenvalue weighted by atomic mass is 9.86. The van der Waals surface area contributed by atoms with Crippen molar-refractivity contribution in [2.24, 2.45) is 0 Å². The van der Waals surface area contributed by atoms with E-state index in [4.69, 9.17) is 4.74 Å². The Labute approximate surface area is 220 Å². The maximum absolute atomic E-state index is 13.3. The van der Waals surface area contributed by atoms with Crippen LogP contribution in [0.3, 0.4) is 0 Å². The molecule has 12 heteroatoms. The first-order chi connectivity index (χ1) is 17.7. The third-order valence-corrected chi connectivity index (χ3v) is 6.49. The molecule has 0 bridgehead atoms. The SMILES string of the molecule is CS(=O)c1cc(C#N)ccc1C(NC(=O)OC(C)(C)C)C1=C(Nc2ccnc(C(F)(F)F)c2)CCCC1=O. The van der Waals surface area contributed by atoms with Crippen LogP contribution in [0.15, 0.2) is 52.7 Å². The standard InChI is InChI=1S/C26H27F3N4O4S/c1-25(2,3)37-24(35)33-23(17-9-8-15(14-30)12-20(17)38(4)36)22-18(6-5-7-19(22)34)32-16-10-11-31-21(13-16)26(27,28)29/h8-13,23H,5-7H2,1-4H3,(H,31,32)(H,33,35). The fraction of sp³-hybridized carbons (Fsp3) is 0.385. The van der Waals surface area contributed by atoms with E-state index in [9.17, 15) is 32.2 Å². The summed E-state index contributed by atoms with van der Waals surface area (Å²) in [6.45, 7) is 4.99. The molecule has 1 aromatic heterocycles. The van der Waals surface area contributed by atoms with Crippen molar-refractivity contribution in [3.63, 3.8) is 0 Å². The minimum absolute atomic E-state index is 0.0599. The number of alkyl carbamates (subject to hydrolysis) is 1. The quantitative estimate of drug-likeness (QED) is 0.496. The zero-order valence-corrected chi connectivity index (χ0v) is 22.0. The highest BCUT2D eigenvalue weighted by Gasteiger charge is 2.35. The van der Waals surface area contributed by atoms with Gasteiger partial charge < -0.3 is 15.4 Å². The number of nitriles is 1. The number of hydrogen-bond donors (Lipinski definition) is 2. The highest BCUT2D eigenvalue weighted by Crippen LogP contribution is 2.36. The van der Waals surface area contributed by atoms with Crippen molar-refractivity contribution >= 4 is 28.4 Å². The van der Waals surface area contributed by atoms with Crippen LogP contribution in [0.2, 0.25) is 0 Å². The molecule has 2 unspecified atom stereocenters. The number of anilines is 1. The lowest BCUT2D eigenvalue weighted by Crippen LogP contribution is -2.38. The number of ketones is 1. The van der Waals surface area contributed by atoms with Crippen LogP contribution in [0.25, 0.3) is 0 Å². The number of carbonyl (C=O) groups is 2. The molecule has 0 spiro atoms. The Morgan fingerprint density at radius 1 is 1.18 bits per heavy atom. The number of benzene rings is 1. The van der Waals surface area contributed by atoms with Gasteiger partial charge >= 0.3 is 12.3 Å². The average molecular weight is 549 g/mol. The van der Waals surface area contributed by atoms with E-state index in [0.717, 1.165) is 12.3 Å². The number of pyridine rings is 1. The third-order valence-electron chi connectivity index (χ3n) is 5.51. The molecule has 3 rings (SSSR count). The number of alkyl halides is 3. The summed E-state index contributed by atoms with van der Waals surface area (Å²) in [5.41, 5.74) is -0.981. The molecule has 1 aliphatic carbocycles. The maximum atomic E-state index is 13.3. The summed E-state index contributed by atoms with van der Waals surface area (Å²) in [6.07, 6.45) is -2.24. The molecule has 2 aromatic rings. The van der Waals surface area contributed by atoms with Gasteiger partial charge in [0.15, 0.2) is 5.78 Å². The molecule has 38 heavy (non-hydrogen) atoms. The van der Waals surface area contributed by atoms with Crippen molar-refractivity contribution in [2.75, 3.05) is 11.6 Å². The largest absolute Gasteiger partial charge is 0.444 e. The van der Waals surface area contributed by atoms with Gasteiger partial charge in [0.25, 0.3) is 0 Å². The molecule has 2 N–H and O–H groups in total. The normalized spacial score (nSPS) is 15.9. The summed E-state index contributed by atoms with van der Waals surface area (Å²) in [6, 6.07) is 7.36. The van der Waals surface area contributed by atoms with Gasteiger partial charge in [-0.15, -0.1) is 0 Å². The number of allylic oxidation sites excluding steroid dienone is 1. The maximum Gasteiger partial charge on any atom is 0.433 e. The van der Waals surface area contributed by atoms with Crippen molar-refractivity contribution in [1.29, 1.82) is 5.26 Å². The van der Waals surface area contributed by atoms with E-state index < -0.39 is 40.4 Å². The first-order valence-electron chi connectivity index (χ1n) is 11.6. The van der Waals surface area contributed by atoms with E-state index in [2.05, 4.69) is 15.6 Å². The fourth-order valence-electron chi connectivity index (χ4n) is 3.99. The Hall–Kier alpha value is -3.72. The van der Waals surface area contributed by atoms with Gasteiger partial charge in [-0.05, 0) is 63.4 Å². The van der Waals surface area contributed by atoms with Gasteiger partial charge in [-0.25, -0.2) is 4.79 Å². The molecule has 8 nitrogen and oxygen atoms in total. The van der Waals surface area contributed by atoms with Crippen molar-refractivity contribution < 1.29 is 31.7 Å². The summed E-state index contributed by atoms with van der Waals surface area (Å²) in [7, 11) is -1.62. The molecule has 1 heterocycles. The minimum Gasteiger partial charge on any atom is -0.444 e. The molecule has 1 aliphatic rings. The number of hydrogen-bond acceptors (Lipinski definition) is 7. The van der Waals surface area contributed by atoms with Crippen LogP contribution < -0.4 is 10.6 Å². The molecule has 0 saturated carbocycles. The molecule has 0 fully saturated rings. The van der Waals surface area contributed by atoms with E-state index in [-0.39, 0.29) is 33.9 Å². The zero-order valence-electron chi connectivity index (χ0n) is 21.2. The number of aromatic nitrogens is 1. The Kier molecular flexibility index (Phi) is 8.61. The summed E-state index contributed by atoms with van der Waals surface area (Å²) >= 11 is 0. The van der Waals surface area contributed by atoms with Gasteiger partial charge in [0.05, 0.1) is 28.5 Å². The highest BCUT2D eigenvalue weighted by molar-refractivity contribution is 7.84. The Balaban J connectivity index is 2.19. The molecular formula is C26H27F3N4O4S. The lowest BCUT2D eigenvalue weighted by molar-refractivity contribution is -0.141. The van der Waals surface area contributed by atoms with Gasteiger partial charge in [-0.3, -0.25) is 14.0 Å². The van der Waals surface area contributed by atoms with E-state index in [1.165, 1.54) is 30.5 Å².